The third kappa shape index (κ3) is 4.49. The lowest BCUT2D eigenvalue weighted by Crippen LogP contribution is -2.36. The second kappa shape index (κ2) is 9.05. The molecule has 0 unspecified atom stereocenters. The van der Waals surface area contributed by atoms with Crippen LogP contribution in [0.15, 0.2) is 88.7 Å². The Morgan fingerprint density at radius 1 is 0.867 bits per heavy atom. The maximum atomic E-state index is 12.7. The average Bonchev–Trinajstić information content (AvgIpc) is 2.77. The number of fused-ring (bicyclic) bond motifs is 2. The number of nitrogens with one attached hydrogen (secondary N) is 1. The smallest absolute Gasteiger partial charge is 0.243 e. The van der Waals surface area contributed by atoms with Crippen LogP contribution >= 0.6 is 11.8 Å². The Balaban J connectivity index is 1.39. The van der Waals surface area contributed by atoms with Crippen LogP contribution < -0.4 is 10.2 Å². The Bertz CT molecular complexity index is 1010. The molecule has 1 heterocycles. The Morgan fingerprint density at radius 3 is 2.07 bits per heavy atom. The van der Waals surface area contributed by atoms with E-state index in [0.717, 1.165) is 17.1 Å². The van der Waals surface area contributed by atoms with Gasteiger partial charge in [-0.2, -0.15) is 0 Å². The number of benzene rings is 3. The van der Waals surface area contributed by atoms with E-state index in [1.165, 1.54) is 14.7 Å². The Hall–Kier alpha value is -3.25. The number of likely N-dealkylation sites (N-methyl/N-ethyl adjacent to an activating group) is 1. The van der Waals surface area contributed by atoms with Crippen LogP contribution in [0.5, 0.6) is 0 Å². The van der Waals surface area contributed by atoms with Gasteiger partial charge < -0.3 is 15.1 Å². The van der Waals surface area contributed by atoms with Crippen molar-refractivity contribution in [3.63, 3.8) is 0 Å². The zero-order chi connectivity index (χ0) is 20.9. The summed E-state index contributed by atoms with van der Waals surface area (Å²) in [5, 5.41) is 2.81. The van der Waals surface area contributed by atoms with Crippen molar-refractivity contribution in [3.8, 4) is 0 Å². The summed E-state index contributed by atoms with van der Waals surface area (Å²) < 4.78 is 0. The monoisotopic (exact) mass is 417 g/mol. The maximum absolute atomic E-state index is 12.7. The third-order valence-electron chi connectivity index (χ3n) is 4.95. The molecule has 3 aromatic rings. The second-order valence-electron chi connectivity index (χ2n) is 7.10. The molecule has 0 saturated carbocycles. The van der Waals surface area contributed by atoms with Crippen LogP contribution in [0, 0.1) is 0 Å². The Kier molecular flexibility index (Phi) is 6.05. The molecule has 3 aromatic carbocycles. The molecule has 2 amide bonds. The lowest BCUT2D eigenvalue weighted by molar-refractivity contribution is -0.133. The number of hydrogen-bond acceptors (Lipinski definition) is 4. The minimum absolute atomic E-state index is 0.0246. The van der Waals surface area contributed by atoms with Crippen LogP contribution in [0.4, 0.5) is 17.1 Å². The molecule has 6 heteroatoms. The Morgan fingerprint density at radius 2 is 1.43 bits per heavy atom. The van der Waals surface area contributed by atoms with Gasteiger partial charge in [-0.25, -0.2) is 0 Å². The number of carbonyl (C=O) groups is 2. The number of hydrogen-bond donors (Lipinski definition) is 1. The fraction of sp³-hybridized carbons (Fsp3) is 0.167. The van der Waals surface area contributed by atoms with Gasteiger partial charge in [-0.15, -0.1) is 0 Å². The van der Waals surface area contributed by atoms with E-state index < -0.39 is 0 Å². The van der Waals surface area contributed by atoms with E-state index in [4.69, 9.17) is 0 Å². The van der Waals surface area contributed by atoms with Crippen molar-refractivity contribution < 1.29 is 9.59 Å². The first-order valence-corrected chi connectivity index (χ1v) is 10.7. The summed E-state index contributed by atoms with van der Waals surface area (Å²) in [4.78, 5) is 31.0. The zero-order valence-corrected chi connectivity index (χ0v) is 17.6. The SMILES string of the molecule is CN(CC(=O)Nc1ccccc1)C(=O)CCN1c2ccccc2Sc2ccccc21. The van der Waals surface area contributed by atoms with Gasteiger partial charge in [0.2, 0.25) is 11.8 Å². The number of rotatable bonds is 6. The molecule has 152 valence electrons. The zero-order valence-electron chi connectivity index (χ0n) is 16.7. The summed E-state index contributed by atoms with van der Waals surface area (Å²) in [6, 6.07) is 25.7. The molecular formula is C24H23N3O2S. The van der Waals surface area contributed by atoms with Crippen molar-refractivity contribution in [3.05, 3.63) is 78.9 Å². The summed E-state index contributed by atoms with van der Waals surface area (Å²) in [6.07, 6.45) is 0.322. The lowest BCUT2D eigenvalue weighted by atomic mass is 10.2. The van der Waals surface area contributed by atoms with Crippen molar-refractivity contribution >= 4 is 40.6 Å². The number of nitrogens with zero attached hydrogens (tertiary/aromatic N) is 2. The van der Waals surface area contributed by atoms with Crippen LogP contribution in [-0.4, -0.2) is 36.9 Å². The molecule has 5 nitrogen and oxygen atoms in total. The molecule has 4 rings (SSSR count). The van der Waals surface area contributed by atoms with E-state index in [1.54, 1.807) is 18.8 Å². The minimum Gasteiger partial charge on any atom is -0.339 e. The molecule has 0 fully saturated rings. The molecule has 1 aliphatic heterocycles. The first kappa shape index (κ1) is 20.0. The summed E-state index contributed by atoms with van der Waals surface area (Å²) >= 11 is 1.75. The largest absolute Gasteiger partial charge is 0.339 e. The van der Waals surface area contributed by atoms with Crippen molar-refractivity contribution in [2.45, 2.75) is 16.2 Å². The highest BCUT2D eigenvalue weighted by Crippen LogP contribution is 2.47. The molecule has 0 saturated heterocycles. The highest BCUT2D eigenvalue weighted by molar-refractivity contribution is 7.99. The van der Waals surface area contributed by atoms with Gasteiger partial charge in [0.1, 0.15) is 0 Å². The van der Waals surface area contributed by atoms with Gasteiger partial charge >= 0.3 is 0 Å². The number of amides is 2. The van der Waals surface area contributed by atoms with Gasteiger partial charge in [0, 0.05) is 35.5 Å². The molecule has 30 heavy (non-hydrogen) atoms. The molecule has 0 bridgehead atoms. The van der Waals surface area contributed by atoms with Crippen molar-refractivity contribution in [1.29, 1.82) is 0 Å². The first-order chi connectivity index (χ1) is 14.6. The highest BCUT2D eigenvalue weighted by Gasteiger charge is 2.24. The van der Waals surface area contributed by atoms with Gasteiger partial charge in [0.15, 0.2) is 0 Å². The Labute approximate surface area is 180 Å². The summed E-state index contributed by atoms with van der Waals surface area (Å²) in [7, 11) is 1.67. The molecule has 0 aromatic heterocycles. The van der Waals surface area contributed by atoms with Crippen LogP contribution in [0.2, 0.25) is 0 Å². The fourth-order valence-electron chi connectivity index (χ4n) is 3.45. The molecule has 0 spiro atoms. The van der Waals surface area contributed by atoms with Crippen LogP contribution in [0.3, 0.4) is 0 Å². The molecule has 1 N–H and O–H groups in total. The van der Waals surface area contributed by atoms with Crippen LogP contribution in [-0.2, 0) is 9.59 Å². The maximum Gasteiger partial charge on any atom is 0.243 e. The van der Waals surface area contributed by atoms with Gasteiger partial charge in [-0.05, 0) is 36.4 Å². The predicted octanol–water partition coefficient (Wildman–Crippen LogP) is 4.78. The normalized spacial score (nSPS) is 12.0. The van der Waals surface area contributed by atoms with Gasteiger partial charge in [-0.3, -0.25) is 9.59 Å². The van der Waals surface area contributed by atoms with Crippen LogP contribution in [0.1, 0.15) is 6.42 Å². The standard InChI is InChI=1S/C24H23N3O2S/c1-26(17-23(28)25-18-9-3-2-4-10-18)24(29)15-16-27-19-11-5-7-13-21(19)30-22-14-8-6-12-20(22)27/h2-14H,15-17H2,1H3,(H,25,28). The predicted molar refractivity (Wildman–Crippen MR) is 121 cm³/mol. The van der Waals surface area contributed by atoms with Crippen molar-refractivity contribution in [2.75, 3.05) is 30.4 Å². The van der Waals surface area contributed by atoms with E-state index >= 15 is 0 Å². The number of carbonyl (C=O) groups excluding carboxylic acids is 2. The van der Waals surface area contributed by atoms with E-state index in [0.29, 0.717) is 13.0 Å². The number of anilines is 3. The summed E-state index contributed by atoms with van der Waals surface area (Å²) in [5.74, 6) is -0.270. The minimum atomic E-state index is -0.206. The summed E-state index contributed by atoms with van der Waals surface area (Å²) in [6.45, 7) is 0.578. The molecule has 1 aliphatic rings. The number of para-hydroxylation sites is 3. The lowest BCUT2D eigenvalue weighted by Gasteiger charge is -2.33. The van der Waals surface area contributed by atoms with E-state index in [1.807, 2.05) is 54.6 Å². The molecule has 0 aliphatic carbocycles. The van der Waals surface area contributed by atoms with E-state index in [9.17, 15) is 9.59 Å². The van der Waals surface area contributed by atoms with Crippen molar-refractivity contribution in [1.82, 2.24) is 4.90 Å². The molecular weight excluding hydrogens is 394 g/mol. The quantitative estimate of drug-likeness (QED) is 0.627. The van der Waals surface area contributed by atoms with Crippen LogP contribution in [0.25, 0.3) is 0 Å². The van der Waals surface area contributed by atoms with Crippen molar-refractivity contribution in [2.24, 2.45) is 0 Å². The van der Waals surface area contributed by atoms with E-state index in [-0.39, 0.29) is 18.4 Å². The van der Waals surface area contributed by atoms with Gasteiger partial charge in [-0.1, -0.05) is 54.2 Å². The fourth-order valence-corrected chi connectivity index (χ4v) is 4.54. The van der Waals surface area contributed by atoms with E-state index in [2.05, 4.69) is 34.5 Å². The summed E-state index contributed by atoms with van der Waals surface area (Å²) in [5.41, 5.74) is 2.94. The molecule has 0 radical (unpaired) electrons. The topological polar surface area (TPSA) is 52.7 Å². The highest BCUT2D eigenvalue weighted by atomic mass is 32.2. The van der Waals surface area contributed by atoms with Gasteiger partial charge in [0.05, 0.1) is 17.9 Å². The second-order valence-corrected chi connectivity index (χ2v) is 8.19. The average molecular weight is 418 g/mol. The van der Waals surface area contributed by atoms with Gasteiger partial charge in [0.25, 0.3) is 0 Å². The third-order valence-corrected chi connectivity index (χ3v) is 6.08. The first-order valence-electron chi connectivity index (χ1n) is 9.84. The molecule has 0 atom stereocenters.